The van der Waals surface area contributed by atoms with Crippen LogP contribution in [0.2, 0.25) is 0 Å². The van der Waals surface area contributed by atoms with Crippen LogP contribution in [0.4, 0.5) is 0 Å². The van der Waals surface area contributed by atoms with Crippen LogP contribution < -0.4 is 0 Å². The number of aliphatic hydroxyl groups is 1. The second-order valence-electron chi connectivity index (χ2n) is 8.85. The molecule has 2 rings (SSSR count). The first-order chi connectivity index (χ1) is 13.0. The Kier molecular flexibility index (Phi) is 7.26. The van der Waals surface area contributed by atoms with E-state index < -0.39 is 41.8 Å². The summed E-state index contributed by atoms with van der Waals surface area (Å²) in [5.41, 5.74) is -0.935. The van der Waals surface area contributed by atoms with Gasteiger partial charge in [0.25, 0.3) is 0 Å². The van der Waals surface area contributed by atoms with Gasteiger partial charge in [-0.15, -0.1) is 0 Å². The standard InChI is InChI=1S/C21H34O7/c1-11(2)15(23)9-18-21(6,28-18)20(25)13(4)16-8-7-12(3)17(26-14(5)22)10-19(24)27-16/h11-13,15-18,23H,7-10H2,1-6H3/t12-,13-,15-,16-,17+,18+,21-/m0/s1. The zero-order valence-electron chi connectivity index (χ0n) is 17.8. The lowest BCUT2D eigenvalue weighted by Gasteiger charge is -2.31. The van der Waals surface area contributed by atoms with Crippen molar-refractivity contribution in [3.05, 3.63) is 0 Å². The van der Waals surface area contributed by atoms with Crippen LogP contribution in [-0.2, 0) is 28.6 Å². The summed E-state index contributed by atoms with van der Waals surface area (Å²) in [5, 5.41) is 10.1. The summed E-state index contributed by atoms with van der Waals surface area (Å²) in [7, 11) is 0. The smallest absolute Gasteiger partial charge is 0.309 e. The fourth-order valence-electron chi connectivity index (χ4n) is 3.84. The number of rotatable bonds is 7. The van der Waals surface area contributed by atoms with Crippen molar-refractivity contribution >= 4 is 17.7 Å². The van der Waals surface area contributed by atoms with Crippen molar-refractivity contribution < 1.29 is 33.7 Å². The van der Waals surface area contributed by atoms with E-state index >= 15 is 0 Å². The second kappa shape index (κ2) is 8.91. The normalized spacial score (nSPS) is 35.4. The van der Waals surface area contributed by atoms with Gasteiger partial charge in [0.15, 0.2) is 11.4 Å². The minimum atomic E-state index is -0.935. The minimum Gasteiger partial charge on any atom is -0.462 e. The maximum Gasteiger partial charge on any atom is 0.309 e. The Balaban J connectivity index is 1.98. The van der Waals surface area contributed by atoms with Gasteiger partial charge in [-0.2, -0.15) is 0 Å². The predicted molar refractivity (Wildman–Crippen MR) is 101 cm³/mol. The Morgan fingerprint density at radius 2 is 1.93 bits per heavy atom. The summed E-state index contributed by atoms with van der Waals surface area (Å²) in [4.78, 5) is 36.5. The molecule has 2 fully saturated rings. The molecule has 0 aromatic heterocycles. The molecule has 0 unspecified atom stereocenters. The van der Waals surface area contributed by atoms with Crippen LogP contribution in [0.1, 0.15) is 67.2 Å². The summed E-state index contributed by atoms with van der Waals surface area (Å²) in [6.07, 6.45) is -0.244. The van der Waals surface area contributed by atoms with Crippen molar-refractivity contribution in [2.75, 3.05) is 0 Å². The molecule has 2 saturated heterocycles. The third-order valence-corrected chi connectivity index (χ3v) is 6.14. The fraction of sp³-hybridized carbons (Fsp3) is 0.857. The van der Waals surface area contributed by atoms with Gasteiger partial charge in [-0.3, -0.25) is 14.4 Å². The summed E-state index contributed by atoms with van der Waals surface area (Å²) in [6, 6.07) is 0. The summed E-state index contributed by atoms with van der Waals surface area (Å²) in [5.74, 6) is -1.39. The third kappa shape index (κ3) is 5.32. The number of cyclic esters (lactones) is 1. The number of Topliss-reactive ketones (excluding diaryl/α,β-unsaturated/α-hetero) is 1. The van der Waals surface area contributed by atoms with Crippen LogP contribution in [0.25, 0.3) is 0 Å². The Bertz CT molecular complexity index is 602. The number of ketones is 1. The average Bonchev–Trinajstić information content (AvgIpc) is 3.25. The first kappa shape index (κ1) is 22.8. The largest absolute Gasteiger partial charge is 0.462 e. The molecule has 2 aliphatic heterocycles. The zero-order valence-corrected chi connectivity index (χ0v) is 17.8. The number of aliphatic hydroxyl groups excluding tert-OH is 1. The lowest BCUT2D eigenvalue weighted by atomic mass is 9.83. The first-order valence-corrected chi connectivity index (χ1v) is 10.2. The van der Waals surface area contributed by atoms with Crippen LogP contribution >= 0.6 is 0 Å². The molecule has 7 heteroatoms. The number of carbonyl (C=O) groups is 3. The van der Waals surface area contributed by atoms with Crippen LogP contribution in [0.3, 0.4) is 0 Å². The van der Waals surface area contributed by atoms with Crippen molar-refractivity contribution in [3.63, 3.8) is 0 Å². The molecule has 0 saturated carbocycles. The molecule has 2 aliphatic rings. The number of esters is 2. The van der Waals surface area contributed by atoms with Crippen LogP contribution in [0.5, 0.6) is 0 Å². The molecule has 7 atom stereocenters. The van der Waals surface area contributed by atoms with Crippen LogP contribution in [0.15, 0.2) is 0 Å². The SMILES string of the molecule is CC(=O)O[C@@H]1CC(=O)O[C@H]([C@H](C)C(=O)[C@@]2(C)O[C@@H]2C[C@H](O)C(C)C)CC[C@@H]1C. The second-order valence-corrected chi connectivity index (χ2v) is 8.85. The molecular formula is C21H34O7. The van der Waals surface area contributed by atoms with Crippen LogP contribution in [-0.4, -0.2) is 52.8 Å². The number of carbonyl (C=O) groups excluding carboxylic acids is 3. The van der Waals surface area contributed by atoms with E-state index in [0.717, 1.165) is 0 Å². The molecule has 160 valence electrons. The Morgan fingerprint density at radius 3 is 2.50 bits per heavy atom. The maximum atomic E-state index is 13.0. The highest BCUT2D eigenvalue weighted by atomic mass is 16.6. The molecule has 0 amide bonds. The highest BCUT2D eigenvalue weighted by molar-refractivity contribution is 5.92. The van der Waals surface area contributed by atoms with Crippen molar-refractivity contribution in [2.24, 2.45) is 17.8 Å². The van der Waals surface area contributed by atoms with Crippen molar-refractivity contribution in [3.8, 4) is 0 Å². The fourth-order valence-corrected chi connectivity index (χ4v) is 3.84. The van der Waals surface area contributed by atoms with Gasteiger partial charge >= 0.3 is 11.9 Å². The summed E-state index contributed by atoms with van der Waals surface area (Å²) < 4.78 is 16.4. The molecule has 7 nitrogen and oxygen atoms in total. The van der Waals surface area contributed by atoms with E-state index in [-0.39, 0.29) is 30.1 Å². The van der Waals surface area contributed by atoms with Gasteiger partial charge in [-0.25, -0.2) is 0 Å². The zero-order chi connectivity index (χ0) is 21.2. The average molecular weight is 398 g/mol. The molecule has 0 aromatic rings. The van der Waals surface area contributed by atoms with E-state index in [1.54, 1.807) is 13.8 Å². The van der Waals surface area contributed by atoms with Gasteiger partial charge in [0.05, 0.1) is 24.5 Å². The Morgan fingerprint density at radius 1 is 1.29 bits per heavy atom. The minimum absolute atomic E-state index is 0.00301. The van der Waals surface area contributed by atoms with Crippen molar-refractivity contribution in [1.82, 2.24) is 0 Å². The van der Waals surface area contributed by atoms with Crippen molar-refractivity contribution in [2.45, 2.75) is 97.2 Å². The Labute approximate surface area is 167 Å². The highest BCUT2D eigenvalue weighted by Gasteiger charge is 2.60. The molecule has 0 bridgehead atoms. The number of hydrogen-bond donors (Lipinski definition) is 1. The van der Waals surface area contributed by atoms with Crippen molar-refractivity contribution in [1.29, 1.82) is 0 Å². The molecule has 1 N–H and O–H groups in total. The summed E-state index contributed by atoms with van der Waals surface area (Å²) in [6.45, 7) is 10.6. The monoisotopic (exact) mass is 398 g/mol. The van der Waals surface area contributed by atoms with E-state index in [2.05, 4.69) is 0 Å². The van der Waals surface area contributed by atoms with Gasteiger partial charge in [0.1, 0.15) is 12.2 Å². The molecular weight excluding hydrogens is 364 g/mol. The number of epoxide rings is 1. The van der Waals surface area contributed by atoms with E-state index in [1.165, 1.54) is 6.92 Å². The van der Waals surface area contributed by atoms with E-state index in [4.69, 9.17) is 14.2 Å². The molecule has 0 spiro atoms. The highest BCUT2D eigenvalue weighted by Crippen LogP contribution is 2.43. The molecule has 0 radical (unpaired) electrons. The van der Waals surface area contributed by atoms with Crippen LogP contribution in [0, 0.1) is 17.8 Å². The van der Waals surface area contributed by atoms with E-state index in [0.29, 0.717) is 19.3 Å². The topological polar surface area (TPSA) is 102 Å². The summed E-state index contributed by atoms with van der Waals surface area (Å²) >= 11 is 0. The number of hydrogen-bond acceptors (Lipinski definition) is 7. The van der Waals surface area contributed by atoms with Gasteiger partial charge in [0, 0.05) is 13.3 Å². The molecule has 28 heavy (non-hydrogen) atoms. The van der Waals surface area contributed by atoms with Gasteiger partial charge < -0.3 is 19.3 Å². The lowest BCUT2D eigenvalue weighted by molar-refractivity contribution is -0.165. The first-order valence-electron chi connectivity index (χ1n) is 10.2. The van der Waals surface area contributed by atoms with E-state index in [1.807, 2.05) is 20.8 Å². The van der Waals surface area contributed by atoms with Gasteiger partial charge in [-0.05, 0) is 31.6 Å². The maximum absolute atomic E-state index is 13.0. The predicted octanol–water partition coefficient (Wildman–Crippen LogP) is 2.42. The molecule has 0 aliphatic carbocycles. The third-order valence-electron chi connectivity index (χ3n) is 6.14. The van der Waals surface area contributed by atoms with Gasteiger partial charge in [0.2, 0.25) is 0 Å². The lowest BCUT2D eigenvalue weighted by Crippen LogP contribution is -2.41. The molecule has 2 heterocycles. The van der Waals surface area contributed by atoms with Gasteiger partial charge in [-0.1, -0.05) is 27.7 Å². The Hall–Kier alpha value is -1.47. The molecule has 0 aromatic carbocycles. The number of ether oxygens (including phenoxy) is 3. The quantitative estimate of drug-likeness (QED) is 0.519. The van der Waals surface area contributed by atoms with E-state index in [9.17, 15) is 19.5 Å².